The van der Waals surface area contributed by atoms with Crippen molar-refractivity contribution in [3.8, 4) is 0 Å². The molecule has 0 radical (unpaired) electrons. The number of hydrogen-bond donors (Lipinski definition) is 0. The molecule has 0 bridgehead atoms. The molecule has 2 heterocycles. The average molecular weight is 277 g/mol. The van der Waals surface area contributed by atoms with Crippen LogP contribution in [0.5, 0.6) is 0 Å². The second-order valence-corrected chi connectivity index (χ2v) is 6.03. The Morgan fingerprint density at radius 2 is 1.80 bits per heavy atom. The Hall–Kier alpha value is -1.40. The molecular weight excluding hydrogens is 257 g/mol. The molecule has 20 heavy (non-hydrogen) atoms. The molecule has 0 unspecified atom stereocenters. The van der Waals surface area contributed by atoms with E-state index in [1.165, 1.54) is 7.11 Å². The quantitative estimate of drug-likeness (QED) is 0.605. The molecule has 0 aromatic carbocycles. The molecule has 108 valence electrons. The maximum atomic E-state index is 11.8. The molecule has 1 aliphatic rings. The zero-order valence-electron chi connectivity index (χ0n) is 12.8. The van der Waals surface area contributed by atoms with Gasteiger partial charge in [-0.25, -0.2) is 9.78 Å². The molecule has 1 aliphatic heterocycles. The normalized spacial score (nSPS) is 20.0. The van der Waals surface area contributed by atoms with Crippen LogP contribution < -0.4 is 5.46 Å². The van der Waals surface area contributed by atoms with E-state index in [0.717, 1.165) is 5.56 Å². The zero-order valence-corrected chi connectivity index (χ0v) is 12.8. The highest BCUT2D eigenvalue weighted by Gasteiger charge is 2.52. The van der Waals surface area contributed by atoms with Crippen LogP contribution in [0.4, 0.5) is 0 Å². The lowest BCUT2D eigenvalue weighted by atomic mass is 9.77. The van der Waals surface area contributed by atoms with E-state index < -0.39 is 24.3 Å². The Kier molecular flexibility index (Phi) is 3.65. The summed E-state index contributed by atoms with van der Waals surface area (Å²) in [5, 5.41) is 0. The standard InChI is InChI=1S/C14H20BNO4/c1-9-7-10(11(16-8-9)12(17)18-6)15-19-13(2,3)14(4,5)20-15/h7-8H,1-6H3. The van der Waals surface area contributed by atoms with Crippen LogP contribution in [0.1, 0.15) is 43.7 Å². The van der Waals surface area contributed by atoms with Crippen LogP contribution in [0.3, 0.4) is 0 Å². The van der Waals surface area contributed by atoms with Crippen molar-refractivity contribution in [1.82, 2.24) is 4.98 Å². The molecule has 2 rings (SSSR count). The van der Waals surface area contributed by atoms with Crippen molar-refractivity contribution in [3.05, 3.63) is 23.5 Å². The first-order valence-electron chi connectivity index (χ1n) is 6.58. The second kappa shape index (κ2) is 4.86. The summed E-state index contributed by atoms with van der Waals surface area (Å²) < 4.78 is 16.7. The van der Waals surface area contributed by atoms with Crippen LogP contribution in [0.25, 0.3) is 0 Å². The van der Waals surface area contributed by atoms with Gasteiger partial charge in [-0.15, -0.1) is 0 Å². The Morgan fingerprint density at radius 3 is 2.30 bits per heavy atom. The fourth-order valence-electron chi connectivity index (χ4n) is 2.01. The van der Waals surface area contributed by atoms with E-state index in [-0.39, 0.29) is 5.69 Å². The minimum Gasteiger partial charge on any atom is -0.464 e. The van der Waals surface area contributed by atoms with Crippen LogP contribution >= 0.6 is 0 Å². The molecule has 1 saturated heterocycles. The lowest BCUT2D eigenvalue weighted by molar-refractivity contribution is 0.00578. The van der Waals surface area contributed by atoms with Crippen molar-refractivity contribution in [1.29, 1.82) is 0 Å². The van der Waals surface area contributed by atoms with Gasteiger partial charge in [-0.1, -0.05) is 6.07 Å². The minimum absolute atomic E-state index is 0.233. The van der Waals surface area contributed by atoms with Gasteiger partial charge in [0.2, 0.25) is 0 Å². The molecule has 0 saturated carbocycles. The third-order valence-corrected chi connectivity index (χ3v) is 3.94. The number of aromatic nitrogens is 1. The predicted molar refractivity (Wildman–Crippen MR) is 76.0 cm³/mol. The van der Waals surface area contributed by atoms with Crippen LogP contribution in [0.15, 0.2) is 12.3 Å². The van der Waals surface area contributed by atoms with Crippen LogP contribution in [-0.4, -0.2) is 36.4 Å². The number of carbonyl (C=O) groups excluding carboxylic acids is 1. The van der Waals surface area contributed by atoms with E-state index in [0.29, 0.717) is 5.46 Å². The Balaban J connectivity index is 2.44. The number of methoxy groups -OCH3 is 1. The summed E-state index contributed by atoms with van der Waals surface area (Å²) in [6, 6.07) is 1.85. The van der Waals surface area contributed by atoms with Crippen molar-refractivity contribution in [2.24, 2.45) is 0 Å². The Morgan fingerprint density at radius 1 is 1.25 bits per heavy atom. The summed E-state index contributed by atoms with van der Waals surface area (Å²) in [4.78, 5) is 16.0. The largest absolute Gasteiger partial charge is 0.497 e. The van der Waals surface area contributed by atoms with Crippen LogP contribution in [0, 0.1) is 6.92 Å². The molecule has 0 N–H and O–H groups in total. The first kappa shape index (κ1) is 15.0. The van der Waals surface area contributed by atoms with Crippen molar-refractivity contribution < 1.29 is 18.8 Å². The van der Waals surface area contributed by atoms with E-state index in [4.69, 9.17) is 14.0 Å². The lowest BCUT2D eigenvalue weighted by Gasteiger charge is -2.32. The van der Waals surface area contributed by atoms with E-state index in [1.54, 1.807) is 6.20 Å². The number of esters is 1. The van der Waals surface area contributed by atoms with E-state index in [1.807, 2.05) is 40.7 Å². The number of carbonyl (C=O) groups is 1. The zero-order chi connectivity index (χ0) is 15.1. The number of pyridine rings is 1. The van der Waals surface area contributed by atoms with Gasteiger partial charge >= 0.3 is 13.1 Å². The van der Waals surface area contributed by atoms with Crippen molar-refractivity contribution >= 4 is 18.6 Å². The van der Waals surface area contributed by atoms with Gasteiger partial charge in [0.05, 0.1) is 18.3 Å². The third-order valence-electron chi connectivity index (χ3n) is 3.94. The molecule has 0 amide bonds. The number of aryl methyl sites for hydroxylation is 1. The summed E-state index contributed by atoms with van der Waals surface area (Å²) >= 11 is 0. The van der Waals surface area contributed by atoms with Gasteiger partial charge in [0, 0.05) is 11.7 Å². The molecule has 1 fully saturated rings. The molecule has 0 aliphatic carbocycles. The lowest BCUT2D eigenvalue weighted by Crippen LogP contribution is -2.41. The average Bonchev–Trinajstić information content (AvgIpc) is 2.57. The number of ether oxygens (including phenoxy) is 1. The van der Waals surface area contributed by atoms with Gasteiger partial charge in [-0.3, -0.25) is 0 Å². The second-order valence-electron chi connectivity index (χ2n) is 6.03. The molecule has 0 spiro atoms. The number of nitrogens with zero attached hydrogens (tertiary/aromatic N) is 1. The number of rotatable bonds is 2. The minimum atomic E-state index is -0.624. The van der Waals surface area contributed by atoms with Crippen molar-refractivity contribution in [3.63, 3.8) is 0 Å². The monoisotopic (exact) mass is 277 g/mol. The van der Waals surface area contributed by atoms with Gasteiger partial charge in [-0.05, 0) is 40.2 Å². The van der Waals surface area contributed by atoms with Gasteiger partial charge in [0.1, 0.15) is 5.69 Å². The third kappa shape index (κ3) is 2.45. The fraction of sp³-hybridized carbons (Fsp3) is 0.571. The maximum absolute atomic E-state index is 11.8. The molecule has 0 atom stereocenters. The van der Waals surface area contributed by atoms with Crippen molar-refractivity contribution in [2.45, 2.75) is 45.8 Å². The molecule has 5 nitrogen and oxygen atoms in total. The van der Waals surface area contributed by atoms with E-state index in [9.17, 15) is 4.79 Å². The topological polar surface area (TPSA) is 57.7 Å². The summed E-state index contributed by atoms with van der Waals surface area (Å²) in [6.45, 7) is 9.77. The van der Waals surface area contributed by atoms with Crippen molar-refractivity contribution in [2.75, 3.05) is 7.11 Å². The molecule has 6 heteroatoms. The number of hydrogen-bond acceptors (Lipinski definition) is 5. The van der Waals surface area contributed by atoms with E-state index >= 15 is 0 Å². The summed E-state index contributed by atoms with van der Waals surface area (Å²) in [5.74, 6) is -0.491. The predicted octanol–water partition coefficient (Wildman–Crippen LogP) is 1.48. The molecule has 1 aromatic rings. The van der Waals surface area contributed by atoms with Gasteiger partial charge in [0.25, 0.3) is 0 Å². The Labute approximate surface area is 119 Å². The highest BCUT2D eigenvalue weighted by atomic mass is 16.7. The van der Waals surface area contributed by atoms with Gasteiger partial charge in [-0.2, -0.15) is 0 Å². The molecular formula is C14H20BNO4. The summed E-state index contributed by atoms with van der Waals surface area (Å²) in [7, 11) is 0.708. The van der Waals surface area contributed by atoms with Crippen LogP contribution in [0.2, 0.25) is 0 Å². The first-order chi connectivity index (χ1) is 9.18. The Bertz CT molecular complexity index is 526. The fourth-order valence-corrected chi connectivity index (χ4v) is 2.01. The highest BCUT2D eigenvalue weighted by molar-refractivity contribution is 6.63. The highest BCUT2D eigenvalue weighted by Crippen LogP contribution is 2.36. The van der Waals surface area contributed by atoms with Gasteiger partial charge < -0.3 is 14.0 Å². The molecule has 1 aromatic heterocycles. The van der Waals surface area contributed by atoms with E-state index in [2.05, 4.69) is 4.98 Å². The maximum Gasteiger partial charge on any atom is 0.497 e. The summed E-state index contributed by atoms with van der Waals surface area (Å²) in [6.07, 6.45) is 1.63. The van der Waals surface area contributed by atoms with Gasteiger partial charge in [0.15, 0.2) is 0 Å². The SMILES string of the molecule is COC(=O)c1ncc(C)cc1B1OC(C)(C)C(C)(C)O1. The first-order valence-corrected chi connectivity index (χ1v) is 6.58. The summed E-state index contributed by atoms with van der Waals surface area (Å²) in [5.41, 5.74) is 0.846. The smallest absolute Gasteiger partial charge is 0.464 e. The van der Waals surface area contributed by atoms with Crippen LogP contribution in [-0.2, 0) is 14.0 Å².